The van der Waals surface area contributed by atoms with Crippen LogP contribution in [0.15, 0.2) is 29.1 Å². The molecule has 1 unspecified atom stereocenters. The Kier molecular flexibility index (Phi) is 7.26. The average molecular weight is 432 g/mol. The zero-order chi connectivity index (χ0) is 21.7. The summed E-state index contributed by atoms with van der Waals surface area (Å²) in [5.74, 6) is -0.101. The minimum absolute atomic E-state index is 0.0240. The molecule has 1 N–H and O–H groups in total. The normalized spacial score (nSPS) is 15.6. The Hall–Kier alpha value is -2.67. The number of amides is 1. The SMILES string of the molecule is CCCCC1CN(C(=O)CCC(=O)OC)Cc2c1nc(-c1ccc(Cl)cc1)[nH]c2=O. The third-order valence-corrected chi connectivity index (χ3v) is 5.62. The number of nitrogens with zero attached hydrogens (tertiary/aromatic N) is 2. The van der Waals surface area contributed by atoms with Crippen LogP contribution in [0.4, 0.5) is 0 Å². The number of halogens is 1. The summed E-state index contributed by atoms with van der Waals surface area (Å²) >= 11 is 5.97. The number of methoxy groups -OCH3 is 1. The lowest BCUT2D eigenvalue weighted by molar-refractivity contribution is -0.144. The van der Waals surface area contributed by atoms with Crippen LogP contribution in [0.25, 0.3) is 11.4 Å². The number of rotatable bonds is 7. The molecule has 2 aromatic rings. The summed E-state index contributed by atoms with van der Waals surface area (Å²) in [6, 6.07) is 7.15. The second-order valence-corrected chi connectivity index (χ2v) is 7.91. The molecule has 7 nitrogen and oxygen atoms in total. The molecular weight excluding hydrogens is 406 g/mol. The zero-order valence-electron chi connectivity index (χ0n) is 17.2. The molecule has 1 aliphatic rings. The first-order valence-electron chi connectivity index (χ1n) is 10.2. The molecule has 1 aliphatic heterocycles. The minimum Gasteiger partial charge on any atom is -0.469 e. The molecule has 30 heavy (non-hydrogen) atoms. The summed E-state index contributed by atoms with van der Waals surface area (Å²) in [5, 5.41) is 0.612. The molecular formula is C22H26ClN3O4. The first kappa shape index (κ1) is 22.0. The van der Waals surface area contributed by atoms with Crippen molar-refractivity contribution in [3.63, 3.8) is 0 Å². The molecule has 0 aliphatic carbocycles. The smallest absolute Gasteiger partial charge is 0.306 e. The highest BCUT2D eigenvalue weighted by atomic mass is 35.5. The highest BCUT2D eigenvalue weighted by Gasteiger charge is 2.31. The van der Waals surface area contributed by atoms with Crippen LogP contribution in [0, 0.1) is 0 Å². The lowest BCUT2D eigenvalue weighted by Gasteiger charge is -2.33. The first-order valence-corrected chi connectivity index (χ1v) is 10.5. The predicted octanol–water partition coefficient (Wildman–Crippen LogP) is 3.66. The number of unbranched alkanes of at least 4 members (excludes halogenated alkanes) is 1. The summed E-state index contributed by atoms with van der Waals surface area (Å²) in [5.41, 5.74) is 1.82. The predicted molar refractivity (Wildman–Crippen MR) is 114 cm³/mol. The Balaban J connectivity index is 1.91. The number of nitrogens with one attached hydrogen (secondary N) is 1. The van der Waals surface area contributed by atoms with E-state index in [0.29, 0.717) is 23.0 Å². The van der Waals surface area contributed by atoms with E-state index >= 15 is 0 Å². The van der Waals surface area contributed by atoms with Crippen LogP contribution in [0.5, 0.6) is 0 Å². The van der Waals surface area contributed by atoms with E-state index in [1.165, 1.54) is 7.11 Å². The number of carbonyl (C=O) groups excluding carboxylic acids is 2. The summed E-state index contributed by atoms with van der Waals surface area (Å²) in [6.07, 6.45) is 2.91. The molecule has 0 radical (unpaired) electrons. The van der Waals surface area contributed by atoms with Crippen molar-refractivity contribution in [3.05, 3.63) is 50.9 Å². The van der Waals surface area contributed by atoms with Crippen LogP contribution in [0.3, 0.4) is 0 Å². The lowest BCUT2D eigenvalue weighted by Crippen LogP contribution is -2.42. The molecule has 8 heteroatoms. The third-order valence-electron chi connectivity index (χ3n) is 5.37. The van der Waals surface area contributed by atoms with Crippen molar-refractivity contribution in [2.24, 2.45) is 0 Å². The van der Waals surface area contributed by atoms with Crippen molar-refractivity contribution in [3.8, 4) is 11.4 Å². The van der Waals surface area contributed by atoms with Crippen molar-refractivity contribution in [2.45, 2.75) is 51.5 Å². The molecule has 1 amide bonds. The molecule has 1 atom stereocenters. The molecule has 0 bridgehead atoms. The molecule has 2 heterocycles. The van der Waals surface area contributed by atoms with E-state index in [9.17, 15) is 14.4 Å². The fraction of sp³-hybridized carbons (Fsp3) is 0.455. The molecule has 3 rings (SSSR count). The molecule has 160 valence electrons. The highest BCUT2D eigenvalue weighted by Crippen LogP contribution is 2.31. The van der Waals surface area contributed by atoms with Crippen LogP contribution in [-0.4, -0.2) is 40.4 Å². The van der Waals surface area contributed by atoms with Gasteiger partial charge in [0.15, 0.2) is 0 Å². The Morgan fingerprint density at radius 2 is 2.00 bits per heavy atom. The Labute approximate surface area is 180 Å². The van der Waals surface area contributed by atoms with E-state index < -0.39 is 5.97 Å². The molecule has 0 spiro atoms. The van der Waals surface area contributed by atoms with Crippen molar-refractivity contribution in [2.75, 3.05) is 13.7 Å². The zero-order valence-corrected chi connectivity index (χ0v) is 18.0. The van der Waals surface area contributed by atoms with Gasteiger partial charge in [0.25, 0.3) is 5.56 Å². The third kappa shape index (κ3) is 5.08. The maximum absolute atomic E-state index is 12.9. The summed E-state index contributed by atoms with van der Waals surface area (Å²) in [4.78, 5) is 46.2. The monoisotopic (exact) mass is 431 g/mol. The van der Waals surface area contributed by atoms with Crippen LogP contribution in [0.2, 0.25) is 5.02 Å². The topological polar surface area (TPSA) is 92.4 Å². The number of H-pyrrole nitrogens is 1. The molecule has 0 saturated heterocycles. The maximum atomic E-state index is 12.9. The lowest BCUT2D eigenvalue weighted by atomic mass is 9.90. The second kappa shape index (κ2) is 9.89. The Morgan fingerprint density at radius 3 is 2.67 bits per heavy atom. The molecule has 0 saturated carbocycles. The van der Waals surface area contributed by atoms with Gasteiger partial charge in [-0.1, -0.05) is 31.4 Å². The Morgan fingerprint density at radius 1 is 1.27 bits per heavy atom. The van der Waals surface area contributed by atoms with Crippen molar-refractivity contribution in [1.82, 2.24) is 14.9 Å². The fourth-order valence-electron chi connectivity index (χ4n) is 3.70. The van der Waals surface area contributed by atoms with E-state index in [-0.39, 0.29) is 36.8 Å². The number of hydrogen-bond donors (Lipinski definition) is 1. The second-order valence-electron chi connectivity index (χ2n) is 7.47. The summed E-state index contributed by atoms with van der Waals surface area (Å²) in [7, 11) is 1.30. The van der Waals surface area contributed by atoms with Gasteiger partial charge in [-0.05, 0) is 30.7 Å². The van der Waals surface area contributed by atoms with E-state index in [1.54, 1.807) is 17.0 Å². The van der Waals surface area contributed by atoms with E-state index in [4.69, 9.17) is 16.6 Å². The largest absolute Gasteiger partial charge is 0.469 e. The van der Waals surface area contributed by atoms with E-state index in [0.717, 1.165) is 30.5 Å². The summed E-state index contributed by atoms with van der Waals surface area (Å²) < 4.78 is 4.62. The van der Waals surface area contributed by atoms with Gasteiger partial charge in [0, 0.05) is 29.5 Å². The van der Waals surface area contributed by atoms with Gasteiger partial charge in [0.2, 0.25) is 5.91 Å². The van der Waals surface area contributed by atoms with Gasteiger partial charge in [-0.3, -0.25) is 14.4 Å². The van der Waals surface area contributed by atoms with Gasteiger partial charge in [-0.2, -0.15) is 0 Å². The fourth-order valence-corrected chi connectivity index (χ4v) is 3.82. The van der Waals surface area contributed by atoms with E-state index in [1.807, 2.05) is 12.1 Å². The summed E-state index contributed by atoms with van der Waals surface area (Å²) in [6.45, 7) is 2.79. The van der Waals surface area contributed by atoms with Crippen LogP contribution in [0.1, 0.15) is 56.2 Å². The number of esters is 1. The minimum atomic E-state index is -0.421. The van der Waals surface area contributed by atoms with Gasteiger partial charge in [0.05, 0.1) is 31.3 Å². The molecule has 0 fully saturated rings. The van der Waals surface area contributed by atoms with Gasteiger partial charge in [-0.25, -0.2) is 4.98 Å². The number of aromatic nitrogens is 2. The number of carbonyl (C=O) groups is 2. The number of aromatic amines is 1. The van der Waals surface area contributed by atoms with Crippen LogP contribution >= 0.6 is 11.6 Å². The quantitative estimate of drug-likeness (QED) is 0.675. The maximum Gasteiger partial charge on any atom is 0.306 e. The first-order chi connectivity index (χ1) is 14.4. The number of hydrogen-bond acceptors (Lipinski definition) is 5. The van der Waals surface area contributed by atoms with Gasteiger partial charge >= 0.3 is 5.97 Å². The number of ether oxygens (including phenoxy) is 1. The van der Waals surface area contributed by atoms with Crippen molar-refractivity contribution >= 4 is 23.5 Å². The van der Waals surface area contributed by atoms with Crippen molar-refractivity contribution in [1.29, 1.82) is 0 Å². The number of fused-ring (bicyclic) bond motifs is 1. The van der Waals surface area contributed by atoms with Gasteiger partial charge in [-0.15, -0.1) is 0 Å². The van der Waals surface area contributed by atoms with Gasteiger partial charge < -0.3 is 14.6 Å². The van der Waals surface area contributed by atoms with Crippen LogP contribution in [-0.2, 0) is 20.9 Å². The standard InChI is InChI=1S/C22H26ClN3O4/c1-3-4-5-15-12-26(18(27)10-11-19(28)30-2)13-17-20(15)24-21(25-22(17)29)14-6-8-16(23)9-7-14/h6-9,15H,3-5,10-13H2,1-2H3,(H,24,25,29). The Bertz CT molecular complexity index is 971. The average Bonchev–Trinajstić information content (AvgIpc) is 2.76. The van der Waals surface area contributed by atoms with Crippen molar-refractivity contribution < 1.29 is 14.3 Å². The van der Waals surface area contributed by atoms with E-state index in [2.05, 4.69) is 16.6 Å². The molecule has 1 aromatic heterocycles. The number of benzene rings is 1. The van der Waals surface area contributed by atoms with Gasteiger partial charge in [0.1, 0.15) is 5.82 Å². The molecule has 1 aromatic carbocycles. The van der Waals surface area contributed by atoms with Crippen LogP contribution < -0.4 is 5.56 Å². The highest BCUT2D eigenvalue weighted by molar-refractivity contribution is 6.30.